The molecule has 0 aliphatic carbocycles. The molecule has 2 heterocycles. The number of aromatic nitrogens is 2. The Labute approximate surface area is 132 Å². The molecule has 7 heteroatoms. The van der Waals surface area contributed by atoms with E-state index in [0.717, 1.165) is 15.3 Å². The molecule has 2 aromatic heterocycles. The Morgan fingerprint density at radius 3 is 2.77 bits per heavy atom. The Bertz CT molecular complexity index is 748. The van der Waals surface area contributed by atoms with E-state index in [9.17, 15) is 9.59 Å². The van der Waals surface area contributed by atoms with Gasteiger partial charge in [-0.1, -0.05) is 0 Å². The van der Waals surface area contributed by atoms with E-state index in [4.69, 9.17) is 9.84 Å². The fourth-order valence-electron chi connectivity index (χ4n) is 2.37. The van der Waals surface area contributed by atoms with E-state index < -0.39 is 5.97 Å². The minimum atomic E-state index is -0.858. The number of ether oxygens (including phenoxy) is 1. The molecule has 2 aromatic rings. The van der Waals surface area contributed by atoms with Crippen LogP contribution in [0.3, 0.4) is 0 Å². The van der Waals surface area contributed by atoms with Crippen LogP contribution in [-0.2, 0) is 22.5 Å². The van der Waals surface area contributed by atoms with Gasteiger partial charge in [-0.05, 0) is 25.8 Å². The first-order valence-electron chi connectivity index (χ1n) is 7.15. The number of methoxy groups -OCH3 is 1. The quantitative estimate of drug-likeness (QED) is 0.844. The number of nitrogens with zero attached hydrogens (tertiary/aromatic N) is 2. The van der Waals surface area contributed by atoms with Gasteiger partial charge in [0, 0.05) is 31.4 Å². The summed E-state index contributed by atoms with van der Waals surface area (Å²) >= 11 is 1.52. The van der Waals surface area contributed by atoms with Crippen molar-refractivity contribution in [3.8, 4) is 0 Å². The molecule has 1 N–H and O–H groups in total. The lowest BCUT2D eigenvalue weighted by atomic mass is 10.2. The molecule has 120 valence electrons. The third-order valence-electron chi connectivity index (χ3n) is 3.67. The number of carboxylic acids is 1. The predicted octanol–water partition coefficient (Wildman–Crippen LogP) is 2.13. The van der Waals surface area contributed by atoms with Crippen LogP contribution in [0.25, 0.3) is 10.2 Å². The van der Waals surface area contributed by atoms with E-state index in [1.807, 2.05) is 13.8 Å². The van der Waals surface area contributed by atoms with Gasteiger partial charge in [-0.25, -0.2) is 4.98 Å². The number of fused-ring (bicyclic) bond motifs is 1. The Balaban J connectivity index is 2.48. The largest absolute Gasteiger partial charge is 0.481 e. The van der Waals surface area contributed by atoms with Crippen LogP contribution in [0.15, 0.2) is 4.79 Å². The number of carboxylic acid groups (broad SMARTS) is 1. The maximum atomic E-state index is 12.8. The summed E-state index contributed by atoms with van der Waals surface area (Å²) in [5.74, 6) is -0.200. The van der Waals surface area contributed by atoms with E-state index in [2.05, 4.69) is 4.98 Å². The average Bonchev–Trinajstić information content (AvgIpc) is 2.74. The van der Waals surface area contributed by atoms with Crippen LogP contribution in [0.2, 0.25) is 0 Å². The summed E-state index contributed by atoms with van der Waals surface area (Å²) in [7, 11) is 1.60. The zero-order valence-corrected chi connectivity index (χ0v) is 13.8. The first-order valence-corrected chi connectivity index (χ1v) is 7.97. The summed E-state index contributed by atoms with van der Waals surface area (Å²) in [6.45, 7) is 4.74. The zero-order valence-electron chi connectivity index (χ0n) is 13.0. The molecule has 0 aliphatic rings. The minimum absolute atomic E-state index is 0.0375. The second-order valence-corrected chi connectivity index (χ2v) is 6.39. The highest BCUT2D eigenvalue weighted by Gasteiger charge is 2.16. The second-order valence-electron chi connectivity index (χ2n) is 5.19. The van der Waals surface area contributed by atoms with Gasteiger partial charge in [-0.3, -0.25) is 14.2 Å². The SMILES string of the molecule is COCCc1nc2sc(C)c(C)c2c(=O)n1CCCC(=O)O. The molecule has 0 saturated carbocycles. The first kappa shape index (κ1) is 16.6. The molecule has 0 amide bonds. The highest BCUT2D eigenvalue weighted by Crippen LogP contribution is 2.26. The van der Waals surface area contributed by atoms with Crippen molar-refractivity contribution < 1.29 is 14.6 Å². The summed E-state index contributed by atoms with van der Waals surface area (Å²) in [5, 5.41) is 9.42. The molecule has 6 nitrogen and oxygen atoms in total. The summed E-state index contributed by atoms with van der Waals surface area (Å²) < 4.78 is 6.68. The molecule has 0 spiro atoms. The highest BCUT2D eigenvalue weighted by atomic mass is 32.1. The molecule has 0 radical (unpaired) electrons. The molecule has 0 bridgehead atoms. The smallest absolute Gasteiger partial charge is 0.303 e. The summed E-state index contributed by atoms with van der Waals surface area (Å²) in [5.41, 5.74) is 0.881. The molecule has 0 atom stereocenters. The second kappa shape index (κ2) is 7.02. The Morgan fingerprint density at radius 1 is 1.41 bits per heavy atom. The summed E-state index contributed by atoms with van der Waals surface area (Å²) in [6, 6.07) is 0. The van der Waals surface area contributed by atoms with Gasteiger partial charge < -0.3 is 9.84 Å². The maximum absolute atomic E-state index is 12.8. The van der Waals surface area contributed by atoms with Crippen LogP contribution in [-0.4, -0.2) is 34.3 Å². The molecule has 0 aromatic carbocycles. The van der Waals surface area contributed by atoms with Crippen LogP contribution in [0.4, 0.5) is 0 Å². The number of aliphatic carboxylic acids is 1. The first-order chi connectivity index (χ1) is 10.5. The van der Waals surface area contributed by atoms with E-state index in [1.165, 1.54) is 11.3 Å². The van der Waals surface area contributed by atoms with E-state index in [1.54, 1.807) is 11.7 Å². The molecule has 0 aliphatic heterocycles. The average molecular weight is 324 g/mol. The summed E-state index contributed by atoms with van der Waals surface area (Å²) in [4.78, 5) is 29.9. The fourth-order valence-corrected chi connectivity index (χ4v) is 3.41. The van der Waals surface area contributed by atoms with Crippen molar-refractivity contribution in [2.75, 3.05) is 13.7 Å². The van der Waals surface area contributed by atoms with Crippen LogP contribution in [0.5, 0.6) is 0 Å². The van der Waals surface area contributed by atoms with E-state index in [-0.39, 0.29) is 12.0 Å². The van der Waals surface area contributed by atoms with Gasteiger partial charge in [-0.15, -0.1) is 11.3 Å². The van der Waals surface area contributed by atoms with E-state index in [0.29, 0.717) is 37.2 Å². The zero-order chi connectivity index (χ0) is 16.3. The Kier molecular flexibility index (Phi) is 5.31. The molecule has 22 heavy (non-hydrogen) atoms. The number of aryl methyl sites for hydroxylation is 2. The number of hydrogen-bond donors (Lipinski definition) is 1. The van der Waals surface area contributed by atoms with Crippen molar-refractivity contribution in [3.63, 3.8) is 0 Å². The fraction of sp³-hybridized carbons (Fsp3) is 0.533. The molecule has 2 rings (SSSR count). The van der Waals surface area contributed by atoms with Crippen molar-refractivity contribution >= 4 is 27.5 Å². The van der Waals surface area contributed by atoms with Crippen molar-refractivity contribution in [2.45, 2.75) is 39.7 Å². The van der Waals surface area contributed by atoms with Gasteiger partial charge in [0.25, 0.3) is 5.56 Å². The van der Waals surface area contributed by atoms with Gasteiger partial charge in [0.2, 0.25) is 0 Å². The topological polar surface area (TPSA) is 81.4 Å². The van der Waals surface area contributed by atoms with Gasteiger partial charge in [-0.2, -0.15) is 0 Å². The van der Waals surface area contributed by atoms with Crippen molar-refractivity contribution in [1.82, 2.24) is 9.55 Å². The number of rotatable bonds is 7. The highest BCUT2D eigenvalue weighted by molar-refractivity contribution is 7.18. The van der Waals surface area contributed by atoms with E-state index >= 15 is 0 Å². The van der Waals surface area contributed by atoms with Crippen molar-refractivity contribution in [3.05, 3.63) is 26.6 Å². The third-order valence-corrected chi connectivity index (χ3v) is 4.77. The van der Waals surface area contributed by atoms with Gasteiger partial charge in [0.1, 0.15) is 10.7 Å². The van der Waals surface area contributed by atoms with Crippen molar-refractivity contribution in [2.24, 2.45) is 0 Å². The lowest BCUT2D eigenvalue weighted by Crippen LogP contribution is -2.26. The van der Waals surface area contributed by atoms with Gasteiger partial charge >= 0.3 is 5.97 Å². The van der Waals surface area contributed by atoms with Gasteiger partial charge in [0.05, 0.1) is 12.0 Å². The maximum Gasteiger partial charge on any atom is 0.303 e. The minimum Gasteiger partial charge on any atom is -0.481 e. The number of hydrogen-bond acceptors (Lipinski definition) is 5. The van der Waals surface area contributed by atoms with Crippen LogP contribution in [0.1, 0.15) is 29.1 Å². The number of thiophene rings is 1. The molecule has 0 fully saturated rings. The Hall–Kier alpha value is -1.73. The van der Waals surface area contributed by atoms with Crippen LogP contribution in [0, 0.1) is 13.8 Å². The lowest BCUT2D eigenvalue weighted by molar-refractivity contribution is -0.137. The van der Waals surface area contributed by atoms with Crippen LogP contribution >= 0.6 is 11.3 Å². The Morgan fingerprint density at radius 2 is 2.14 bits per heavy atom. The predicted molar refractivity (Wildman–Crippen MR) is 85.8 cm³/mol. The monoisotopic (exact) mass is 324 g/mol. The molecular formula is C15H20N2O4S. The summed E-state index contributed by atoms with van der Waals surface area (Å²) in [6.07, 6.45) is 0.977. The number of carbonyl (C=O) groups is 1. The standard InChI is InChI=1S/C15H20N2O4S/c1-9-10(2)22-14-13(9)15(20)17(7-4-5-12(18)19)11(16-14)6-8-21-3/h4-8H2,1-3H3,(H,18,19). The normalized spacial score (nSPS) is 11.2. The van der Waals surface area contributed by atoms with Crippen LogP contribution < -0.4 is 5.56 Å². The molecule has 0 saturated heterocycles. The lowest BCUT2D eigenvalue weighted by Gasteiger charge is -2.12. The van der Waals surface area contributed by atoms with Gasteiger partial charge in [0.15, 0.2) is 0 Å². The van der Waals surface area contributed by atoms with Crippen molar-refractivity contribution in [1.29, 1.82) is 0 Å². The molecular weight excluding hydrogens is 304 g/mol. The molecule has 0 unspecified atom stereocenters. The third kappa shape index (κ3) is 3.36.